The molecule has 0 aromatic carbocycles. The summed E-state index contributed by atoms with van der Waals surface area (Å²) in [5, 5.41) is 2.88. The summed E-state index contributed by atoms with van der Waals surface area (Å²) >= 11 is 0. The first-order valence-electron chi connectivity index (χ1n) is 4.10. The second-order valence-corrected chi connectivity index (χ2v) is 4.87. The quantitative estimate of drug-likeness (QED) is 0.602. The molecule has 1 rings (SSSR count). The number of hydrogen-bond acceptors (Lipinski definition) is 1. The van der Waals surface area contributed by atoms with E-state index in [1.807, 2.05) is 0 Å². The molecule has 2 heteroatoms. The van der Waals surface area contributed by atoms with Crippen LogP contribution >= 0.6 is 0 Å². The van der Waals surface area contributed by atoms with Gasteiger partial charge in [0, 0.05) is 6.04 Å². The molecule has 0 spiro atoms. The Labute approximate surface area is 68.4 Å². The van der Waals surface area contributed by atoms with Crippen molar-refractivity contribution in [2.45, 2.75) is 40.2 Å². The Kier molecular flexibility index (Phi) is 1.73. The minimum absolute atomic E-state index is 0.282. The molecule has 0 atom stereocenters. The molecule has 0 bridgehead atoms. The lowest BCUT2D eigenvalue weighted by Crippen LogP contribution is -2.61. The molecule has 1 amide bonds. The maximum absolute atomic E-state index is 10.3. The monoisotopic (exact) mass is 155 g/mol. The Balaban J connectivity index is 2.64. The molecule has 1 aliphatic carbocycles. The summed E-state index contributed by atoms with van der Waals surface area (Å²) < 4.78 is 0. The summed E-state index contributed by atoms with van der Waals surface area (Å²) in [6.45, 7) is 8.78. The van der Waals surface area contributed by atoms with Gasteiger partial charge in [0.05, 0.1) is 0 Å². The van der Waals surface area contributed by atoms with E-state index in [0.717, 1.165) is 6.41 Å². The van der Waals surface area contributed by atoms with Crippen molar-refractivity contribution in [3.05, 3.63) is 0 Å². The lowest BCUT2D eigenvalue weighted by atomic mass is 9.52. The molecule has 1 N–H and O–H groups in total. The highest BCUT2D eigenvalue weighted by Crippen LogP contribution is 2.53. The Bertz CT molecular complexity index is 158. The molecule has 11 heavy (non-hydrogen) atoms. The highest BCUT2D eigenvalue weighted by Gasteiger charge is 2.52. The van der Waals surface area contributed by atoms with E-state index in [0.29, 0.717) is 6.04 Å². The van der Waals surface area contributed by atoms with Crippen molar-refractivity contribution in [3.8, 4) is 0 Å². The SMILES string of the molecule is CC1(C)CC(C)(C)C1NC=O. The maximum atomic E-state index is 10.3. The standard InChI is InChI=1S/C9H17NO/c1-8(2)5-9(3,4)7(8)10-6-11/h6-7H,5H2,1-4H3,(H,10,11). The summed E-state index contributed by atoms with van der Waals surface area (Å²) in [5.74, 6) is 0. The molecule has 1 aliphatic rings. The van der Waals surface area contributed by atoms with Gasteiger partial charge in [0.25, 0.3) is 0 Å². The van der Waals surface area contributed by atoms with E-state index >= 15 is 0 Å². The number of carbonyl (C=O) groups is 1. The predicted molar refractivity (Wildman–Crippen MR) is 45.2 cm³/mol. The molecule has 0 heterocycles. The third kappa shape index (κ3) is 1.26. The van der Waals surface area contributed by atoms with Gasteiger partial charge < -0.3 is 5.32 Å². The Hall–Kier alpha value is -0.530. The van der Waals surface area contributed by atoms with Crippen LogP contribution in [0.2, 0.25) is 0 Å². The molecule has 2 nitrogen and oxygen atoms in total. The van der Waals surface area contributed by atoms with Crippen molar-refractivity contribution in [3.63, 3.8) is 0 Å². The fourth-order valence-corrected chi connectivity index (χ4v) is 2.82. The van der Waals surface area contributed by atoms with Crippen LogP contribution in [0.5, 0.6) is 0 Å². The van der Waals surface area contributed by atoms with Crippen LogP contribution in [0.1, 0.15) is 34.1 Å². The molecule has 64 valence electrons. The first-order chi connectivity index (χ1) is 4.90. The van der Waals surface area contributed by atoms with Crippen molar-refractivity contribution in [2.75, 3.05) is 0 Å². The molecule has 0 unspecified atom stereocenters. The third-order valence-corrected chi connectivity index (χ3v) is 2.71. The largest absolute Gasteiger partial charge is 0.355 e. The van der Waals surface area contributed by atoms with Crippen LogP contribution < -0.4 is 5.32 Å². The van der Waals surface area contributed by atoms with Crippen molar-refractivity contribution < 1.29 is 4.79 Å². The third-order valence-electron chi connectivity index (χ3n) is 2.71. The number of rotatable bonds is 2. The van der Waals surface area contributed by atoms with Gasteiger partial charge in [-0.1, -0.05) is 27.7 Å². The van der Waals surface area contributed by atoms with Crippen LogP contribution in [0.15, 0.2) is 0 Å². The molecule has 1 saturated carbocycles. The van der Waals surface area contributed by atoms with Gasteiger partial charge in [-0.25, -0.2) is 0 Å². The van der Waals surface area contributed by atoms with E-state index < -0.39 is 0 Å². The van der Waals surface area contributed by atoms with Crippen molar-refractivity contribution in [1.29, 1.82) is 0 Å². The summed E-state index contributed by atoms with van der Waals surface area (Å²) in [6.07, 6.45) is 2.00. The highest BCUT2D eigenvalue weighted by atomic mass is 16.1. The van der Waals surface area contributed by atoms with Gasteiger partial charge in [0.1, 0.15) is 0 Å². The summed E-state index contributed by atoms with van der Waals surface area (Å²) in [4.78, 5) is 10.3. The van der Waals surface area contributed by atoms with Gasteiger partial charge in [0.15, 0.2) is 0 Å². The van der Waals surface area contributed by atoms with Gasteiger partial charge in [-0.15, -0.1) is 0 Å². The van der Waals surface area contributed by atoms with E-state index in [4.69, 9.17) is 0 Å². The van der Waals surface area contributed by atoms with E-state index in [9.17, 15) is 4.79 Å². The fraction of sp³-hybridized carbons (Fsp3) is 0.889. The molecule has 1 fully saturated rings. The van der Waals surface area contributed by atoms with Crippen LogP contribution in [0.3, 0.4) is 0 Å². The van der Waals surface area contributed by atoms with Crippen LogP contribution in [0.4, 0.5) is 0 Å². The number of hydrogen-bond donors (Lipinski definition) is 1. The minimum atomic E-state index is 0.282. The first kappa shape index (κ1) is 8.57. The zero-order chi connectivity index (χ0) is 8.70. The maximum Gasteiger partial charge on any atom is 0.207 e. The Morgan fingerprint density at radius 2 is 1.73 bits per heavy atom. The lowest BCUT2D eigenvalue weighted by Gasteiger charge is -2.57. The fourth-order valence-electron chi connectivity index (χ4n) is 2.82. The summed E-state index contributed by atoms with van der Waals surface area (Å²) in [5.41, 5.74) is 0.564. The Morgan fingerprint density at radius 3 is 1.91 bits per heavy atom. The lowest BCUT2D eigenvalue weighted by molar-refractivity contribution is -0.117. The molecule has 0 aliphatic heterocycles. The molecule has 0 aromatic heterocycles. The van der Waals surface area contributed by atoms with E-state index in [1.54, 1.807) is 0 Å². The molecular weight excluding hydrogens is 138 g/mol. The number of nitrogens with one attached hydrogen (secondary N) is 1. The number of carbonyl (C=O) groups excluding carboxylic acids is 1. The average Bonchev–Trinajstić information content (AvgIpc) is 1.80. The van der Waals surface area contributed by atoms with Gasteiger partial charge in [0.2, 0.25) is 6.41 Å². The van der Waals surface area contributed by atoms with Gasteiger partial charge in [-0.2, -0.15) is 0 Å². The second-order valence-electron chi connectivity index (χ2n) is 4.87. The second kappa shape index (κ2) is 2.23. The van der Waals surface area contributed by atoms with Crippen LogP contribution in [0.25, 0.3) is 0 Å². The average molecular weight is 155 g/mol. The predicted octanol–water partition coefficient (Wildman–Crippen LogP) is 1.56. The summed E-state index contributed by atoms with van der Waals surface area (Å²) in [7, 11) is 0. The summed E-state index contributed by atoms with van der Waals surface area (Å²) in [6, 6.07) is 0.340. The first-order valence-corrected chi connectivity index (χ1v) is 4.10. The van der Waals surface area contributed by atoms with E-state index in [2.05, 4.69) is 33.0 Å². The van der Waals surface area contributed by atoms with Crippen LogP contribution in [-0.4, -0.2) is 12.5 Å². The Morgan fingerprint density at radius 1 is 1.27 bits per heavy atom. The normalized spacial score (nSPS) is 27.3. The molecule has 0 aromatic rings. The van der Waals surface area contributed by atoms with Crippen LogP contribution in [-0.2, 0) is 4.79 Å². The van der Waals surface area contributed by atoms with Crippen molar-refractivity contribution >= 4 is 6.41 Å². The van der Waals surface area contributed by atoms with Crippen molar-refractivity contribution in [1.82, 2.24) is 5.32 Å². The molecular formula is C9H17NO. The molecule has 0 radical (unpaired) electrons. The van der Waals surface area contributed by atoms with E-state index in [1.165, 1.54) is 6.42 Å². The van der Waals surface area contributed by atoms with Gasteiger partial charge >= 0.3 is 0 Å². The van der Waals surface area contributed by atoms with Gasteiger partial charge in [-0.3, -0.25) is 4.79 Å². The smallest absolute Gasteiger partial charge is 0.207 e. The molecule has 0 saturated heterocycles. The van der Waals surface area contributed by atoms with Crippen molar-refractivity contribution in [2.24, 2.45) is 10.8 Å². The zero-order valence-corrected chi connectivity index (χ0v) is 7.77. The van der Waals surface area contributed by atoms with E-state index in [-0.39, 0.29) is 10.8 Å². The zero-order valence-electron chi connectivity index (χ0n) is 7.77. The highest BCUT2D eigenvalue weighted by molar-refractivity contribution is 5.48. The minimum Gasteiger partial charge on any atom is -0.355 e. The van der Waals surface area contributed by atoms with Gasteiger partial charge in [-0.05, 0) is 17.3 Å². The topological polar surface area (TPSA) is 29.1 Å². The number of amides is 1. The van der Waals surface area contributed by atoms with Crippen LogP contribution in [0, 0.1) is 10.8 Å².